The summed E-state index contributed by atoms with van der Waals surface area (Å²) in [6, 6.07) is 0. The summed E-state index contributed by atoms with van der Waals surface area (Å²) in [6.45, 7) is 6.04. The van der Waals surface area contributed by atoms with Gasteiger partial charge in [0.1, 0.15) is 12.4 Å². The minimum Gasteiger partial charge on any atom is -0.511 e. The molecule has 6 nitrogen and oxygen atoms in total. The number of carbonyl (C=O) groups excluding carboxylic acids is 2. The fraction of sp³-hybridized carbons (Fsp3) is 0.706. The van der Waals surface area contributed by atoms with E-state index in [4.69, 9.17) is 4.84 Å². The number of aliphatic hydroxyl groups excluding tert-OH is 1. The van der Waals surface area contributed by atoms with Gasteiger partial charge in [-0.2, -0.15) is 0 Å². The number of Topliss-reactive ketones (excluding diaryl/α,β-unsaturated/α-hetero) is 1. The Morgan fingerprint density at radius 2 is 1.96 bits per heavy atom. The minimum atomic E-state index is -0.864. The Balaban J connectivity index is 3.25. The first-order valence-corrected chi connectivity index (χ1v) is 8.19. The predicted octanol–water partition coefficient (Wildman–Crippen LogP) is 2.84. The van der Waals surface area contributed by atoms with Gasteiger partial charge in [0.05, 0.1) is 16.7 Å². The molecule has 0 aromatic heterocycles. The van der Waals surface area contributed by atoms with Gasteiger partial charge in [-0.25, -0.2) is 0 Å². The Morgan fingerprint density at radius 3 is 2.39 bits per heavy atom. The van der Waals surface area contributed by atoms with Gasteiger partial charge in [0.2, 0.25) is 5.91 Å². The van der Waals surface area contributed by atoms with Crippen molar-refractivity contribution >= 4 is 17.4 Å². The molecule has 1 atom stereocenters. The second kappa shape index (κ2) is 8.13. The lowest BCUT2D eigenvalue weighted by Crippen LogP contribution is -2.44. The van der Waals surface area contributed by atoms with Crippen molar-refractivity contribution in [3.8, 4) is 0 Å². The summed E-state index contributed by atoms with van der Waals surface area (Å²) in [7, 11) is 3.33. The van der Waals surface area contributed by atoms with Crippen LogP contribution in [0.15, 0.2) is 16.5 Å². The summed E-state index contributed by atoms with van der Waals surface area (Å²) in [5, 5.41) is 14.5. The first-order valence-electron chi connectivity index (χ1n) is 8.19. The van der Waals surface area contributed by atoms with E-state index in [0.717, 1.165) is 6.42 Å². The Hall–Kier alpha value is -1.85. The van der Waals surface area contributed by atoms with E-state index in [1.54, 1.807) is 14.1 Å². The third-order valence-corrected chi connectivity index (χ3v) is 4.19. The number of hydrogen-bond donors (Lipinski definition) is 1. The molecular formula is C17H28N2O4. The predicted molar refractivity (Wildman–Crippen MR) is 89.3 cm³/mol. The van der Waals surface area contributed by atoms with Crippen LogP contribution in [0.25, 0.3) is 0 Å². The van der Waals surface area contributed by atoms with Crippen LogP contribution in [0.1, 0.15) is 52.9 Å². The van der Waals surface area contributed by atoms with Crippen molar-refractivity contribution in [3.63, 3.8) is 0 Å². The van der Waals surface area contributed by atoms with Gasteiger partial charge in [-0.3, -0.25) is 9.59 Å². The molecule has 1 amide bonds. The minimum absolute atomic E-state index is 0.0507. The van der Waals surface area contributed by atoms with Crippen molar-refractivity contribution in [1.82, 2.24) is 4.90 Å². The fourth-order valence-corrected chi connectivity index (χ4v) is 2.98. The van der Waals surface area contributed by atoms with Crippen LogP contribution >= 0.6 is 0 Å². The summed E-state index contributed by atoms with van der Waals surface area (Å²) < 4.78 is 0. The molecule has 6 heteroatoms. The Kier molecular flexibility index (Phi) is 6.79. The smallest absolute Gasteiger partial charge is 0.229 e. The van der Waals surface area contributed by atoms with Gasteiger partial charge in [0, 0.05) is 26.9 Å². The fourth-order valence-electron chi connectivity index (χ4n) is 2.98. The van der Waals surface area contributed by atoms with Crippen molar-refractivity contribution < 1.29 is 19.5 Å². The van der Waals surface area contributed by atoms with Gasteiger partial charge in [-0.15, -0.1) is 0 Å². The van der Waals surface area contributed by atoms with Crippen LogP contribution in [-0.2, 0) is 14.4 Å². The molecule has 1 unspecified atom stereocenters. The Bertz CT molecular complexity index is 523. The number of nitrogens with zero attached hydrogens (tertiary/aromatic N) is 2. The lowest BCUT2D eigenvalue weighted by Gasteiger charge is -2.36. The third-order valence-electron chi connectivity index (χ3n) is 4.19. The Morgan fingerprint density at radius 1 is 1.30 bits per heavy atom. The maximum Gasteiger partial charge on any atom is 0.229 e. The normalized spacial score (nSPS) is 22.3. The van der Waals surface area contributed by atoms with Gasteiger partial charge in [-0.05, 0) is 19.8 Å². The van der Waals surface area contributed by atoms with E-state index in [9.17, 15) is 14.7 Å². The van der Waals surface area contributed by atoms with Crippen LogP contribution < -0.4 is 0 Å². The quantitative estimate of drug-likeness (QED) is 0.577. The Labute approximate surface area is 138 Å². The first-order chi connectivity index (χ1) is 10.8. The molecule has 0 saturated heterocycles. The van der Waals surface area contributed by atoms with E-state index in [1.807, 2.05) is 20.8 Å². The summed E-state index contributed by atoms with van der Waals surface area (Å²) in [5.74, 6) is -0.416. The van der Waals surface area contributed by atoms with Crippen LogP contribution in [0.4, 0.5) is 0 Å². The van der Waals surface area contributed by atoms with Crippen molar-refractivity contribution in [3.05, 3.63) is 11.3 Å². The molecule has 0 fully saturated rings. The number of ketones is 1. The summed E-state index contributed by atoms with van der Waals surface area (Å²) >= 11 is 0. The molecule has 1 N–H and O–H groups in total. The summed E-state index contributed by atoms with van der Waals surface area (Å²) in [4.78, 5) is 31.7. The maximum atomic E-state index is 12.7. The number of allylic oxidation sites excluding steroid dienone is 2. The third kappa shape index (κ3) is 4.12. The van der Waals surface area contributed by atoms with Gasteiger partial charge in [-0.1, -0.05) is 25.4 Å². The van der Waals surface area contributed by atoms with E-state index in [2.05, 4.69) is 5.16 Å². The van der Waals surface area contributed by atoms with Crippen LogP contribution in [0.2, 0.25) is 0 Å². The number of oxime groups is 1. The molecule has 0 spiro atoms. The van der Waals surface area contributed by atoms with Gasteiger partial charge in [0.25, 0.3) is 0 Å². The zero-order valence-electron chi connectivity index (χ0n) is 14.8. The second-order valence-electron chi connectivity index (χ2n) is 6.14. The van der Waals surface area contributed by atoms with Crippen LogP contribution in [-0.4, -0.2) is 48.1 Å². The molecule has 0 aromatic carbocycles. The first kappa shape index (κ1) is 19.2. The topological polar surface area (TPSA) is 79.2 Å². The molecule has 0 aliphatic heterocycles. The second-order valence-corrected chi connectivity index (χ2v) is 6.14. The molecule has 1 rings (SSSR count). The number of carbonyl (C=O) groups is 2. The number of hydrogen-bond acceptors (Lipinski definition) is 5. The number of amides is 1. The van der Waals surface area contributed by atoms with Gasteiger partial charge in [0.15, 0.2) is 5.78 Å². The molecule has 1 aliphatic carbocycles. The number of aliphatic hydroxyl groups is 1. The van der Waals surface area contributed by atoms with E-state index in [1.165, 1.54) is 4.90 Å². The van der Waals surface area contributed by atoms with Crippen LogP contribution in [0, 0.1) is 5.41 Å². The highest BCUT2D eigenvalue weighted by molar-refractivity contribution is 6.23. The van der Waals surface area contributed by atoms with E-state index < -0.39 is 5.41 Å². The van der Waals surface area contributed by atoms with Crippen molar-refractivity contribution in [1.29, 1.82) is 0 Å². The molecule has 0 aromatic rings. The molecule has 0 bridgehead atoms. The van der Waals surface area contributed by atoms with E-state index >= 15 is 0 Å². The largest absolute Gasteiger partial charge is 0.511 e. The molecule has 23 heavy (non-hydrogen) atoms. The lowest BCUT2D eigenvalue weighted by molar-refractivity contribution is -0.143. The van der Waals surface area contributed by atoms with Gasteiger partial charge < -0.3 is 14.8 Å². The summed E-state index contributed by atoms with van der Waals surface area (Å²) in [6.07, 6.45) is 2.08. The highest BCUT2D eigenvalue weighted by Gasteiger charge is 2.46. The van der Waals surface area contributed by atoms with Crippen LogP contribution in [0.5, 0.6) is 0 Å². The zero-order chi connectivity index (χ0) is 17.6. The molecule has 0 saturated carbocycles. The molecule has 130 valence electrons. The SMILES string of the molecule is CCC/C(=N\OCC)C1=C(O)CC(CC)(C(=O)N(C)C)CC1=O. The zero-order valence-corrected chi connectivity index (χ0v) is 14.8. The standard InChI is InChI=1S/C17H28N2O4/c1-6-9-12(18-23-8-3)15-13(20)10-17(7-2,11-14(15)21)16(22)19(4)5/h20H,6-11H2,1-5H3/b18-12+. The van der Waals surface area contributed by atoms with Crippen molar-refractivity contribution in [2.75, 3.05) is 20.7 Å². The average Bonchev–Trinajstić information content (AvgIpc) is 2.50. The van der Waals surface area contributed by atoms with Crippen LogP contribution in [0.3, 0.4) is 0 Å². The molecule has 0 heterocycles. The lowest BCUT2D eigenvalue weighted by atomic mass is 9.70. The van der Waals surface area contributed by atoms with Crippen molar-refractivity contribution in [2.45, 2.75) is 52.9 Å². The molecule has 1 aliphatic rings. The summed E-state index contributed by atoms with van der Waals surface area (Å²) in [5.41, 5.74) is -0.160. The highest BCUT2D eigenvalue weighted by Crippen LogP contribution is 2.41. The molecule has 0 radical (unpaired) electrons. The number of rotatable bonds is 7. The molecular weight excluding hydrogens is 296 g/mol. The van der Waals surface area contributed by atoms with E-state index in [-0.39, 0.29) is 35.9 Å². The van der Waals surface area contributed by atoms with Crippen molar-refractivity contribution in [2.24, 2.45) is 10.6 Å². The van der Waals surface area contributed by atoms with E-state index in [0.29, 0.717) is 25.2 Å². The maximum absolute atomic E-state index is 12.7. The highest BCUT2D eigenvalue weighted by atomic mass is 16.6. The monoisotopic (exact) mass is 324 g/mol. The average molecular weight is 324 g/mol. The van der Waals surface area contributed by atoms with Gasteiger partial charge >= 0.3 is 0 Å².